The van der Waals surface area contributed by atoms with Crippen molar-refractivity contribution in [3.63, 3.8) is 0 Å². The smallest absolute Gasteiger partial charge is 0.339 e. The molecular formula is C17H19NO5S. The van der Waals surface area contributed by atoms with Crippen molar-refractivity contribution in [1.82, 2.24) is 0 Å². The largest absolute Gasteiger partial charge is 0.496 e. The van der Waals surface area contributed by atoms with E-state index in [1.54, 1.807) is 6.07 Å². The summed E-state index contributed by atoms with van der Waals surface area (Å²) in [6.07, 6.45) is 0. The molecular weight excluding hydrogens is 330 g/mol. The summed E-state index contributed by atoms with van der Waals surface area (Å²) in [5.74, 6) is -1.14. The molecule has 0 atom stereocenters. The van der Waals surface area contributed by atoms with Crippen LogP contribution in [0.4, 0.5) is 5.69 Å². The maximum Gasteiger partial charge on any atom is 0.339 e. The lowest BCUT2D eigenvalue weighted by Crippen LogP contribution is -2.27. The van der Waals surface area contributed by atoms with Crippen molar-refractivity contribution < 1.29 is 23.1 Å². The number of rotatable bonds is 5. The Morgan fingerprint density at radius 2 is 1.79 bits per heavy atom. The highest BCUT2D eigenvalue weighted by molar-refractivity contribution is 7.92. The number of carboxylic acids is 1. The lowest BCUT2D eigenvalue weighted by Gasteiger charge is -2.22. The highest BCUT2D eigenvalue weighted by Crippen LogP contribution is 2.28. The van der Waals surface area contributed by atoms with Crippen molar-refractivity contribution in [3.05, 3.63) is 53.1 Å². The Balaban J connectivity index is 2.54. The van der Waals surface area contributed by atoms with E-state index < -0.39 is 16.0 Å². The van der Waals surface area contributed by atoms with Gasteiger partial charge in [0.05, 0.1) is 17.7 Å². The maximum atomic E-state index is 12.8. The van der Waals surface area contributed by atoms with E-state index in [-0.39, 0.29) is 16.2 Å². The Morgan fingerprint density at radius 1 is 1.12 bits per heavy atom. The van der Waals surface area contributed by atoms with Gasteiger partial charge in [-0.25, -0.2) is 13.2 Å². The molecule has 0 saturated heterocycles. The van der Waals surface area contributed by atoms with Gasteiger partial charge in [0.25, 0.3) is 10.0 Å². The number of aryl methyl sites for hydroxylation is 2. The van der Waals surface area contributed by atoms with Crippen molar-refractivity contribution in [2.24, 2.45) is 0 Å². The highest BCUT2D eigenvalue weighted by atomic mass is 32.2. The fourth-order valence-electron chi connectivity index (χ4n) is 2.46. The first-order valence-corrected chi connectivity index (χ1v) is 8.60. The average molecular weight is 349 g/mol. The second-order valence-corrected chi connectivity index (χ2v) is 7.40. The molecule has 0 bridgehead atoms. The third kappa shape index (κ3) is 3.21. The molecule has 2 rings (SSSR count). The minimum atomic E-state index is -3.89. The van der Waals surface area contributed by atoms with Gasteiger partial charge in [-0.05, 0) is 43.7 Å². The highest BCUT2D eigenvalue weighted by Gasteiger charge is 2.25. The molecule has 0 fully saturated rings. The van der Waals surface area contributed by atoms with E-state index in [0.717, 1.165) is 21.5 Å². The van der Waals surface area contributed by atoms with Crippen LogP contribution in [0, 0.1) is 13.8 Å². The third-order valence-electron chi connectivity index (χ3n) is 3.75. The van der Waals surface area contributed by atoms with Gasteiger partial charge < -0.3 is 9.84 Å². The molecule has 6 nitrogen and oxygen atoms in total. The summed E-state index contributed by atoms with van der Waals surface area (Å²) in [5, 5.41) is 9.23. The Bertz CT molecular complexity index is 890. The molecule has 0 aromatic heterocycles. The van der Waals surface area contributed by atoms with Crippen LogP contribution in [0.3, 0.4) is 0 Å². The van der Waals surface area contributed by atoms with Crippen LogP contribution in [-0.4, -0.2) is 33.7 Å². The average Bonchev–Trinajstić information content (AvgIpc) is 2.53. The first-order chi connectivity index (χ1) is 11.2. The van der Waals surface area contributed by atoms with Crippen LogP contribution in [0.2, 0.25) is 0 Å². The molecule has 0 spiro atoms. The minimum Gasteiger partial charge on any atom is -0.496 e. The van der Waals surface area contributed by atoms with Crippen molar-refractivity contribution in [3.8, 4) is 5.75 Å². The fraction of sp³-hybridized carbons (Fsp3) is 0.235. The van der Waals surface area contributed by atoms with Crippen LogP contribution in [0.15, 0.2) is 41.3 Å². The Hall–Kier alpha value is -2.54. The first-order valence-electron chi connectivity index (χ1n) is 7.16. The monoisotopic (exact) mass is 349 g/mol. The molecule has 0 unspecified atom stereocenters. The second kappa shape index (κ2) is 6.52. The number of carboxylic acid groups (broad SMARTS) is 1. The molecule has 2 aromatic rings. The topological polar surface area (TPSA) is 83.9 Å². The first kappa shape index (κ1) is 17.8. The predicted octanol–water partition coefficient (Wildman–Crippen LogP) is 2.84. The lowest BCUT2D eigenvalue weighted by atomic mass is 10.1. The lowest BCUT2D eigenvalue weighted by molar-refractivity contribution is 0.0693. The van der Waals surface area contributed by atoms with Crippen molar-refractivity contribution in [2.45, 2.75) is 18.7 Å². The molecule has 24 heavy (non-hydrogen) atoms. The standard InChI is InChI=1S/C17H19NO5S/c1-11-5-7-15(12(2)9-11)18(3)24(21,22)13-6-8-16(23-4)14(10-13)17(19)20/h5-10H,1-4H3,(H,19,20). The summed E-state index contributed by atoms with van der Waals surface area (Å²) in [7, 11) is -1.12. The zero-order valence-corrected chi connectivity index (χ0v) is 14.7. The number of carbonyl (C=O) groups is 1. The summed E-state index contributed by atoms with van der Waals surface area (Å²) in [4.78, 5) is 11.2. The van der Waals surface area contributed by atoms with Gasteiger partial charge in [0.1, 0.15) is 11.3 Å². The van der Waals surface area contributed by atoms with Gasteiger partial charge in [0, 0.05) is 7.05 Å². The third-order valence-corrected chi connectivity index (χ3v) is 5.52. The van der Waals surface area contributed by atoms with Crippen LogP contribution in [0.1, 0.15) is 21.5 Å². The fourth-order valence-corrected chi connectivity index (χ4v) is 3.75. The van der Waals surface area contributed by atoms with Crippen LogP contribution in [-0.2, 0) is 10.0 Å². The zero-order valence-electron chi connectivity index (χ0n) is 13.9. The molecule has 2 aromatic carbocycles. The number of anilines is 1. The number of ether oxygens (including phenoxy) is 1. The molecule has 1 N–H and O–H groups in total. The van der Waals surface area contributed by atoms with Crippen molar-refractivity contribution in [2.75, 3.05) is 18.5 Å². The van der Waals surface area contributed by atoms with E-state index in [2.05, 4.69) is 0 Å². The number of hydrogen-bond donors (Lipinski definition) is 1. The van der Waals surface area contributed by atoms with E-state index >= 15 is 0 Å². The van der Waals surface area contributed by atoms with E-state index in [1.165, 1.54) is 26.3 Å². The maximum absolute atomic E-state index is 12.8. The van der Waals surface area contributed by atoms with Crippen molar-refractivity contribution >= 4 is 21.7 Å². The Morgan fingerprint density at radius 3 is 2.33 bits per heavy atom. The summed E-state index contributed by atoms with van der Waals surface area (Å²) in [6, 6.07) is 9.22. The van der Waals surface area contributed by atoms with Crippen molar-refractivity contribution in [1.29, 1.82) is 0 Å². The van der Waals surface area contributed by atoms with Crippen LogP contribution in [0.25, 0.3) is 0 Å². The summed E-state index contributed by atoms with van der Waals surface area (Å²) in [5.41, 5.74) is 2.17. The molecule has 0 heterocycles. The number of methoxy groups -OCH3 is 1. The Labute approximate surface area is 141 Å². The molecule has 0 amide bonds. The summed E-state index contributed by atoms with van der Waals surface area (Å²) < 4.78 is 31.8. The minimum absolute atomic E-state index is 0.107. The van der Waals surface area contributed by atoms with Crippen LogP contribution >= 0.6 is 0 Å². The molecule has 0 aliphatic rings. The predicted molar refractivity (Wildman–Crippen MR) is 91.5 cm³/mol. The number of benzene rings is 2. The van der Waals surface area contributed by atoms with Gasteiger partial charge in [-0.2, -0.15) is 0 Å². The number of sulfonamides is 1. The number of hydrogen-bond acceptors (Lipinski definition) is 4. The van der Waals surface area contributed by atoms with Gasteiger partial charge in [-0.3, -0.25) is 4.31 Å². The molecule has 0 saturated carbocycles. The van der Waals surface area contributed by atoms with Gasteiger partial charge >= 0.3 is 5.97 Å². The van der Waals surface area contributed by atoms with E-state index in [0.29, 0.717) is 5.69 Å². The molecule has 0 aliphatic carbocycles. The summed E-state index contributed by atoms with van der Waals surface area (Å²) >= 11 is 0. The Kier molecular flexibility index (Phi) is 4.84. The summed E-state index contributed by atoms with van der Waals surface area (Å²) in [6.45, 7) is 3.75. The normalized spacial score (nSPS) is 11.2. The van der Waals surface area contributed by atoms with Gasteiger partial charge in [-0.15, -0.1) is 0 Å². The SMILES string of the molecule is COc1ccc(S(=O)(=O)N(C)c2ccc(C)cc2C)cc1C(=O)O. The van der Waals surface area contributed by atoms with Gasteiger partial charge in [0.15, 0.2) is 0 Å². The van der Waals surface area contributed by atoms with E-state index in [9.17, 15) is 18.3 Å². The molecule has 7 heteroatoms. The quantitative estimate of drug-likeness (QED) is 0.897. The van der Waals surface area contributed by atoms with Crippen LogP contribution in [0.5, 0.6) is 5.75 Å². The second-order valence-electron chi connectivity index (χ2n) is 5.43. The van der Waals surface area contributed by atoms with E-state index in [1.807, 2.05) is 26.0 Å². The van der Waals surface area contributed by atoms with Gasteiger partial charge in [-0.1, -0.05) is 17.7 Å². The molecule has 128 valence electrons. The molecule has 0 aliphatic heterocycles. The van der Waals surface area contributed by atoms with Crippen LogP contribution < -0.4 is 9.04 Å². The number of aromatic carboxylic acids is 1. The zero-order chi connectivity index (χ0) is 18.1. The van der Waals surface area contributed by atoms with Gasteiger partial charge in [0.2, 0.25) is 0 Å². The number of nitrogens with zero attached hydrogens (tertiary/aromatic N) is 1. The molecule has 0 radical (unpaired) electrons. The van der Waals surface area contributed by atoms with E-state index in [4.69, 9.17) is 4.74 Å².